The van der Waals surface area contributed by atoms with Crippen LogP contribution in [-0.2, 0) is 16.0 Å². The zero-order valence-electron chi connectivity index (χ0n) is 13.9. The number of halogens is 1. The molecule has 134 valence electrons. The van der Waals surface area contributed by atoms with Gasteiger partial charge in [-0.25, -0.2) is 0 Å². The number of carbonyl (C=O) groups is 1. The number of amides is 1. The van der Waals surface area contributed by atoms with Gasteiger partial charge in [-0.2, -0.15) is 0 Å². The van der Waals surface area contributed by atoms with Crippen LogP contribution in [0.5, 0.6) is 11.5 Å². The Kier molecular flexibility index (Phi) is 7.38. The molecule has 2 rings (SSSR count). The van der Waals surface area contributed by atoms with Crippen LogP contribution in [0.25, 0.3) is 0 Å². The highest BCUT2D eigenvalue weighted by Gasteiger charge is 2.36. The molecule has 1 aliphatic heterocycles. The number of terminal acetylenes is 1. The average molecular weight is 400 g/mol. The minimum Gasteiger partial charge on any atom is -0.493 e. The number of ether oxygens (including phenoxy) is 3. The van der Waals surface area contributed by atoms with E-state index in [1.165, 1.54) is 18.9 Å². The molecule has 5 nitrogen and oxygen atoms in total. The number of thioether (sulfide) groups is 1. The van der Waals surface area contributed by atoms with Crippen LogP contribution in [0.3, 0.4) is 0 Å². The lowest BCUT2D eigenvalue weighted by atomic mass is 10.1. The van der Waals surface area contributed by atoms with Crippen LogP contribution in [0.15, 0.2) is 12.1 Å². The van der Waals surface area contributed by atoms with Crippen molar-refractivity contribution in [1.82, 2.24) is 4.90 Å². The van der Waals surface area contributed by atoms with Gasteiger partial charge in [0.05, 0.1) is 30.5 Å². The molecule has 0 aliphatic carbocycles. The van der Waals surface area contributed by atoms with Gasteiger partial charge in [0.2, 0.25) is 5.91 Å². The van der Waals surface area contributed by atoms with Crippen LogP contribution >= 0.6 is 35.6 Å². The summed E-state index contributed by atoms with van der Waals surface area (Å²) in [6, 6.07) is 3.55. The summed E-state index contributed by atoms with van der Waals surface area (Å²) in [6.45, 7) is 0.996. The number of thiocarbonyl (C=S) groups is 1. The Bertz CT molecular complexity index is 705. The van der Waals surface area contributed by atoms with E-state index in [2.05, 4.69) is 5.92 Å². The summed E-state index contributed by atoms with van der Waals surface area (Å²) in [5, 5.41) is 0.0986. The smallest absolute Gasteiger partial charge is 0.242 e. The molecule has 1 aromatic carbocycles. The molecular formula is C17H18ClNO4S2. The van der Waals surface area contributed by atoms with E-state index in [4.69, 9.17) is 44.5 Å². The van der Waals surface area contributed by atoms with Crippen LogP contribution in [-0.4, -0.2) is 54.4 Å². The minimum absolute atomic E-state index is 0.0187. The van der Waals surface area contributed by atoms with Crippen LogP contribution in [0.1, 0.15) is 5.56 Å². The molecular weight excluding hydrogens is 382 g/mol. The third kappa shape index (κ3) is 4.79. The van der Waals surface area contributed by atoms with Gasteiger partial charge in [0, 0.05) is 7.11 Å². The summed E-state index contributed by atoms with van der Waals surface area (Å²) >= 11 is 12.9. The highest BCUT2D eigenvalue weighted by atomic mass is 35.5. The monoisotopic (exact) mass is 399 g/mol. The Morgan fingerprint density at radius 2 is 2.20 bits per heavy atom. The van der Waals surface area contributed by atoms with Crippen LogP contribution < -0.4 is 9.47 Å². The molecule has 8 heteroatoms. The van der Waals surface area contributed by atoms with Gasteiger partial charge in [-0.1, -0.05) is 41.5 Å². The van der Waals surface area contributed by atoms with Crippen molar-refractivity contribution < 1.29 is 19.0 Å². The Morgan fingerprint density at radius 1 is 1.44 bits per heavy atom. The molecule has 0 unspecified atom stereocenters. The fraction of sp³-hybridized carbons (Fsp3) is 0.412. The minimum atomic E-state index is -0.289. The second-order valence-corrected chi connectivity index (χ2v) is 7.40. The number of hydrogen-bond donors (Lipinski definition) is 0. The zero-order valence-corrected chi connectivity index (χ0v) is 16.3. The SMILES string of the molecule is C#CCOc1c(Cl)cc(C[C@H]2SC(=S)N(CCOC)C2=O)cc1OC. The first-order valence-corrected chi connectivity index (χ1v) is 9.12. The molecule has 0 spiro atoms. The Hall–Kier alpha value is -1.46. The normalized spacial score (nSPS) is 16.9. The fourth-order valence-corrected chi connectivity index (χ4v) is 4.24. The van der Waals surface area contributed by atoms with Crippen LogP contribution in [0, 0.1) is 12.3 Å². The van der Waals surface area contributed by atoms with E-state index in [0.29, 0.717) is 40.4 Å². The predicted molar refractivity (Wildman–Crippen MR) is 104 cm³/mol. The number of nitrogens with zero attached hydrogens (tertiary/aromatic N) is 1. The summed E-state index contributed by atoms with van der Waals surface area (Å²) in [6.07, 6.45) is 5.69. The summed E-state index contributed by atoms with van der Waals surface area (Å²) in [4.78, 5) is 14.1. The van der Waals surface area contributed by atoms with Gasteiger partial charge < -0.3 is 14.2 Å². The molecule has 1 atom stereocenters. The Labute approximate surface area is 161 Å². The number of carbonyl (C=O) groups excluding carboxylic acids is 1. The second kappa shape index (κ2) is 9.30. The van der Waals surface area contributed by atoms with Gasteiger partial charge in [-0.15, -0.1) is 6.42 Å². The van der Waals surface area contributed by atoms with Crippen molar-refractivity contribution in [1.29, 1.82) is 0 Å². The van der Waals surface area contributed by atoms with Crippen molar-refractivity contribution in [3.05, 3.63) is 22.7 Å². The van der Waals surface area contributed by atoms with E-state index in [1.807, 2.05) is 0 Å². The van der Waals surface area contributed by atoms with Crippen molar-refractivity contribution in [3.63, 3.8) is 0 Å². The zero-order chi connectivity index (χ0) is 18.4. The van der Waals surface area contributed by atoms with Crippen molar-refractivity contribution in [2.75, 3.05) is 34.0 Å². The first-order chi connectivity index (χ1) is 12.0. The lowest BCUT2D eigenvalue weighted by molar-refractivity contribution is -0.126. The van der Waals surface area contributed by atoms with E-state index in [9.17, 15) is 4.79 Å². The first kappa shape index (κ1) is 19.9. The van der Waals surface area contributed by atoms with Crippen molar-refractivity contribution >= 4 is 45.8 Å². The van der Waals surface area contributed by atoms with Gasteiger partial charge in [-0.05, 0) is 24.1 Å². The summed E-state index contributed by atoms with van der Waals surface area (Å²) < 4.78 is 16.3. The van der Waals surface area contributed by atoms with E-state index in [-0.39, 0.29) is 17.8 Å². The summed E-state index contributed by atoms with van der Waals surface area (Å²) in [5.41, 5.74) is 0.858. The molecule has 1 aliphatic rings. The standard InChI is InChI=1S/C17H18ClNO4S2/c1-4-6-23-15-12(18)8-11(9-13(15)22-3)10-14-16(20)19(5-7-21-2)17(24)25-14/h1,8-9,14H,5-7,10H2,2-3H3/t14-/m1/s1. The van der Waals surface area contributed by atoms with Gasteiger partial charge in [0.1, 0.15) is 10.9 Å². The maximum atomic E-state index is 12.5. The van der Waals surface area contributed by atoms with Gasteiger partial charge >= 0.3 is 0 Å². The number of rotatable bonds is 8. The van der Waals surface area contributed by atoms with Crippen molar-refractivity contribution in [2.45, 2.75) is 11.7 Å². The van der Waals surface area contributed by atoms with Gasteiger partial charge in [0.15, 0.2) is 11.5 Å². The van der Waals surface area contributed by atoms with Crippen molar-refractivity contribution in [3.8, 4) is 23.8 Å². The molecule has 1 amide bonds. The fourth-order valence-electron chi connectivity index (χ4n) is 2.37. The molecule has 0 aromatic heterocycles. The molecule has 0 saturated carbocycles. The van der Waals surface area contributed by atoms with Gasteiger partial charge in [-0.3, -0.25) is 9.69 Å². The quantitative estimate of drug-likeness (QED) is 0.495. The van der Waals surface area contributed by atoms with E-state index >= 15 is 0 Å². The predicted octanol–water partition coefficient (Wildman–Crippen LogP) is 2.78. The number of benzene rings is 1. The van der Waals surface area contributed by atoms with Gasteiger partial charge in [0.25, 0.3) is 0 Å². The van der Waals surface area contributed by atoms with Crippen LogP contribution in [0.4, 0.5) is 0 Å². The molecule has 0 radical (unpaired) electrons. The number of methoxy groups -OCH3 is 2. The number of hydrogen-bond acceptors (Lipinski definition) is 6. The molecule has 25 heavy (non-hydrogen) atoms. The Balaban J connectivity index is 2.15. The van der Waals surface area contributed by atoms with E-state index in [0.717, 1.165) is 5.56 Å². The van der Waals surface area contributed by atoms with E-state index < -0.39 is 0 Å². The highest BCUT2D eigenvalue weighted by molar-refractivity contribution is 8.24. The maximum absolute atomic E-state index is 12.5. The highest BCUT2D eigenvalue weighted by Crippen LogP contribution is 2.38. The van der Waals surface area contributed by atoms with E-state index in [1.54, 1.807) is 24.1 Å². The third-order valence-electron chi connectivity index (χ3n) is 3.53. The summed E-state index contributed by atoms with van der Waals surface area (Å²) in [7, 11) is 3.11. The summed E-state index contributed by atoms with van der Waals surface area (Å²) in [5.74, 6) is 3.24. The molecule has 0 N–H and O–H groups in total. The average Bonchev–Trinajstić information content (AvgIpc) is 2.85. The van der Waals surface area contributed by atoms with Crippen LogP contribution in [0.2, 0.25) is 5.02 Å². The molecule has 1 saturated heterocycles. The molecule has 1 aromatic rings. The second-order valence-electron chi connectivity index (χ2n) is 5.16. The Morgan fingerprint density at radius 3 is 2.84 bits per heavy atom. The molecule has 1 fully saturated rings. The maximum Gasteiger partial charge on any atom is 0.242 e. The third-order valence-corrected chi connectivity index (χ3v) is 5.40. The lowest BCUT2D eigenvalue weighted by Gasteiger charge is -2.15. The first-order valence-electron chi connectivity index (χ1n) is 7.45. The van der Waals surface area contributed by atoms with Crippen molar-refractivity contribution in [2.24, 2.45) is 0 Å². The lowest BCUT2D eigenvalue weighted by Crippen LogP contribution is -2.34. The topological polar surface area (TPSA) is 48.0 Å². The molecule has 0 bridgehead atoms. The molecule has 1 heterocycles. The largest absolute Gasteiger partial charge is 0.493 e.